The molecular formula is C14H19NOS. The normalized spacial score (nSPS) is 11.2. The molecule has 1 heterocycles. The van der Waals surface area contributed by atoms with E-state index in [2.05, 4.69) is 29.8 Å². The number of aliphatic hydroxyl groups is 1. The van der Waals surface area contributed by atoms with Gasteiger partial charge in [0.1, 0.15) is 0 Å². The van der Waals surface area contributed by atoms with Gasteiger partial charge in [-0.3, -0.25) is 0 Å². The lowest BCUT2D eigenvalue weighted by Crippen LogP contribution is -1.97. The largest absolute Gasteiger partial charge is 0.392 e. The van der Waals surface area contributed by atoms with Gasteiger partial charge < -0.3 is 9.67 Å². The van der Waals surface area contributed by atoms with Gasteiger partial charge in [-0.25, -0.2) is 0 Å². The molecule has 0 spiro atoms. The predicted molar refractivity (Wildman–Crippen MR) is 75.5 cm³/mol. The lowest BCUT2D eigenvalue weighted by atomic mass is 10.1. The predicted octanol–water partition coefficient (Wildman–Crippen LogP) is 3.28. The molecule has 0 aliphatic rings. The molecule has 1 N–H and O–H groups in total. The second-order valence-electron chi connectivity index (χ2n) is 4.07. The molecule has 0 amide bonds. The lowest BCUT2D eigenvalue weighted by Gasteiger charge is -2.06. The van der Waals surface area contributed by atoms with Gasteiger partial charge in [-0.2, -0.15) is 11.8 Å². The summed E-state index contributed by atoms with van der Waals surface area (Å²) in [5.74, 6) is 2.41. The molecule has 2 aromatic rings. The minimum absolute atomic E-state index is 0.118. The second kappa shape index (κ2) is 6.12. The van der Waals surface area contributed by atoms with Gasteiger partial charge >= 0.3 is 0 Å². The van der Waals surface area contributed by atoms with Crippen molar-refractivity contribution in [3.63, 3.8) is 0 Å². The van der Waals surface area contributed by atoms with E-state index in [1.165, 1.54) is 28.8 Å². The molecule has 0 aliphatic heterocycles. The van der Waals surface area contributed by atoms with Gasteiger partial charge in [0.05, 0.1) is 6.61 Å². The third kappa shape index (κ3) is 2.85. The van der Waals surface area contributed by atoms with Crippen LogP contribution in [-0.4, -0.2) is 21.2 Å². The molecule has 2 rings (SSSR count). The molecule has 17 heavy (non-hydrogen) atoms. The average Bonchev–Trinajstić information content (AvgIpc) is 2.78. The molecule has 2 nitrogen and oxygen atoms in total. The van der Waals surface area contributed by atoms with Crippen molar-refractivity contribution < 1.29 is 5.11 Å². The van der Waals surface area contributed by atoms with Crippen molar-refractivity contribution in [2.45, 2.75) is 26.5 Å². The van der Waals surface area contributed by atoms with E-state index >= 15 is 0 Å². The first-order valence-corrected chi connectivity index (χ1v) is 7.27. The van der Waals surface area contributed by atoms with Gasteiger partial charge in [0.15, 0.2) is 0 Å². The number of hydrogen-bond donors (Lipinski definition) is 1. The van der Waals surface area contributed by atoms with E-state index in [4.69, 9.17) is 0 Å². The fraction of sp³-hybridized carbons (Fsp3) is 0.429. The highest BCUT2D eigenvalue weighted by Crippen LogP contribution is 2.20. The van der Waals surface area contributed by atoms with Crippen LogP contribution in [0.25, 0.3) is 10.9 Å². The van der Waals surface area contributed by atoms with Crippen LogP contribution in [0.3, 0.4) is 0 Å². The van der Waals surface area contributed by atoms with Crippen molar-refractivity contribution in [1.29, 1.82) is 0 Å². The smallest absolute Gasteiger partial charge is 0.0688 e. The maximum Gasteiger partial charge on any atom is 0.0688 e. The molecule has 0 aliphatic carbocycles. The zero-order valence-corrected chi connectivity index (χ0v) is 11.0. The van der Waals surface area contributed by atoms with E-state index in [1.807, 2.05) is 23.9 Å². The SMILES string of the molecule is CCSCCCn1ccc2c(CO)cccc21. The summed E-state index contributed by atoms with van der Waals surface area (Å²) in [7, 11) is 0. The highest BCUT2D eigenvalue weighted by Gasteiger charge is 2.04. The van der Waals surface area contributed by atoms with Crippen LogP contribution in [0.2, 0.25) is 0 Å². The van der Waals surface area contributed by atoms with Crippen molar-refractivity contribution in [2.24, 2.45) is 0 Å². The molecule has 0 atom stereocenters. The van der Waals surface area contributed by atoms with Crippen molar-refractivity contribution >= 4 is 22.7 Å². The zero-order valence-electron chi connectivity index (χ0n) is 10.2. The summed E-state index contributed by atoms with van der Waals surface area (Å²) >= 11 is 1.99. The number of nitrogens with zero attached hydrogens (tertiary/aromatic N) is 1. The Morgan fingerprint density at radius 1 is 1.29 bits per heavy atom. The summed E-state index contributed by atoms with van der Waals surface area (Å²) in [6.45, 7) is 3.38. The van der Waals surface area contributed by atoms with Crippen LogP contribution in [-0.2, 0) is 13.2 Å². The number of aryl methyl sites for hydroxylation is 1. The number of fused-ring (bicyclic) bond motifs is 1. The summed E-state index contributed by atoms with van der Waals surface area (Å²) in [5, 5.41) is 10.5. The Balaban J connectivity index is 2.13. The van der Waals surface area contributed by atoms with Crippen LogP contribution < -0.4 is 0 Å². The van der Waals surface area contributed by atoms with E-state index in [0.717, 1.165) is 12.1 Å². The van der Waals surface area contributed by atoms with E-state index in [9.17, 15) is 5.11 Å². The van der Waals surface area contributed by atoms with Gasteiger partial charge in [0.25, 0.3) is 0 Å². The van der Waals surface area contributed by atoms with Gasteiger partial charge in [-0.15, -0.1) is 0 Å². The van der Waals surface area contributed by atoms with Crippen molar-refractivity contribution in [3.05, 3.63) is 36.0 Å². The molecule has 0 saturated carbocycles. The van der Waals surface area contributed by atoms with Crippen LogP contribution in [0, 0.1) is 0 Å². The standard InChI is InChI=1S/C14H19NOS/c1-2-17-10-4-8-15-9-7-13-12(11-16)5-3-6-14(13)15/h3,5-7,9,16H,2,4,8,10-11H2,1H3. The van der Waals surface area contributed by atoms with E-state index in [0.29, 0.717) is 0 Å². The molecule has 92 valence electrons. The van der Waals surface area contributed by atoms with Crippen LogP contribution in [0.15, 0.2) is 30.5 Å². The molecular weight excluding hydrogens is 230 g/mol. The first-order chi connectivity index (χ1) is 8.36. The van der Waals surface area contributed by atoms with Crippen molar-refractivity contribution in [2.75, 3.05) is 11.5 Å². The molecule has 1 aromatic heterocycles. The molecule has 0 radical (unpaired) electrons. The van der Waals surface area contributed by atoms with Crippen molar-refractivity contribution in [3.8, 4) is 0 Å². The number of rotatable bonds is 6. The zero-order chi connectivity index (χ0) is 12.1. The number of aliphatic hydroxyl groups excluding tert-OH is 1. The van der Waals surface area contributed by atoms with Gasteiger partial charge in [-0.05, 0) is 35.6 Å². The molecule has 3 heteroatoms. The fourth-order valence-electron chi connectivity index (χ4n) is 2.10. The van der Waals surface area contributed by atoms with E-state index in [-0.39, 0.29) is 6.61 Å². The minimum atomic E-state index is 0.118. The van der Waals surface area contributed by atoms with Crippen LogP contribution in [0.1, 0.15) is 18.9 Å². The number of aromatic nitrogens is 1. The lowest BCUT2D eigenvalue weighted by molar-refractivity contribution is 0.283. The van der Waals surface area contributed by atoms with Crippen LogP contribution in [0.5, 0.6) is 0 Å². The Morgan fingerprint density at radius 2 is 2.18 bits per heavy atom. The quantitative estimate of drug-likeness (QED) is 0.795. The highest BCUT2D eigenvalue weighted by atomic mass is 32.2. The monoisotopic (exact) mass is 249 g/mol. The highest BCUT2D eigenvalue weighted by molar-refractivity contribution is 7.99. The van der Waals surface area contributed by atoms with Gasteiger partial charge in [0, 0.05) is 23.6 Å². The number of benzene rings is 1. The van der Waals surface area contributed by atoms with Gasteiger partial charge in [-0.1, -0.05) is 19.1 Å². The number of thioether (sulfide) groups is 1. The Hall–Kier alpha value is -0.930. The van der Waals surface area contributed by atoms with E-state index in [1.54, 1.807) is 0 Å². The maximum atomic E-state index is 9.28. The van der Waals surface area contributed by atoms with Crippen LogP contribution in [0.4, 0.5) is 0 Å². The third-order valence-corrected chi connectivity index (χ3v) is 3.95. The molecule has 0 unspecified atom stereocenters. The Bertz CT molecular complexity index is 478. The van der Waals surface area contributed by atoms with Gasteiger partial charge in [0.2, 0.25) is 0 Å². The summed E-state index contributed by atoms with van der Waals surface area (Å²) in [5.41, 5.74) is 2.25. The maximum absolute atomic E-state index is 9.28. The summed E-state index contributed by atoms with van der Waals surface area (Å²) in [6.07, 6.45) is 3.33. The fourth-order valence-corrected chi connectivity index (χ4v) is 2.72. The van der Waals surface area contributed by atoms with Crippen molar-refractivity contribution in [1.82, 2.24) is 4.57 Å². The second-order valence-corrected chi connectivity index (χ2v) is 5.46. The summed E-state index contributed by atoms with van der Waals surface area (Å²) in [6, 6.07) is 8.24. The Labute approximate surface area is 107 Å². The Morgan fingerprint density at radius 3 is 2.94 bits per heavy atom. The molecule has 0 bridgehead atoms. The summed E-state index contributed by atoms with van der Waals surface area (Å²) in [4.78, 5) is 0. The van der Waals surface area contributed by atoms with Crippen LogP contribution >= 0.6 is 11.8 Å². The number of hydrogen-bond acceptors (Lipinski definition) is 2. The molecule has 0 fully saturated rings. The first kappa shape index (κ1) is 12.5. The minimum Gasteiger partial charge on any atom is -0.392 e. The summed E-state index contributed by atoms with van der Waals surface area (Å²) < 4.78 is 2.28. The molecule has 0 saturated heterocycles. The third-order valence-electron chi connectivity index (χ3n) is 2.97. The van der Waals surface area contributed by atoms with E-state index < -0.39 is 0 Å². The first-order valence-electron chi connectivity index (χ1n) is 6.12. The Kier molecular flexibility index (Phi) is 4.51. The molecule has 1 aromatic carbocycles. The average molecular weight is 249 g/mol. The topological polar surface area (TPSA) is 25.2 Å².